The van der Waals surface area contributed by atoms with Gasteiger partial charge in [-0.25, -0.2) is 0 Å². The standard InChI is InChI=1S/C21H21BrN6O4/c1-12-18(22)13(2)28(25-12)10-15-6-7-17(32-15)20(29)24-16-11-27(3)26-19(16)21(30)23-9-14-5-4-8-31-14/h4-8,11H,9-10H2,1-3H3,(H,23,30)(H,24,29). The third-order valence-corrected chi connectivity index (χ3v) is 5.93. The molecule has 4 aromatic heterocycles. The molecule has 0 aliphatic rings. The van der Waals surface area contributed by atoms with Crippen LogP contribution >= 0.6 is 15.9 Å². The summed E-state index contributed by atoms with van der Waals surface area (Å²) in [5, 5.41) is 14.0. The van der Waals surface area contributed by atoms with Gasteiger partial charge in [0.25, 0.3) is 11.8 Å². The zero-order valence-electron chi connectivity index (χ0n) is 17.7. The fourth-order valence-corrected chi connectivity index (χ4v) is 3.44. The summed E-state index contributed by atoms with van der Waals surface area (Å²) in [5.74, 6) is 0.381. The zero-order chi connectivity index (χ0) is 22.8. The van der Waals surface area contributed by atoms with Crippen molar-refractivity contribution in [3.63, 3.8) is 0 Å². The van der Waals surface area contributed by atoms with E-state index in [0.29, 0.717) is 18.1 Å². The molecule has 0 saturated heterocycles. The van der Waals surface area contributed by atoms with Gasteiger partial charge in [-0.15, -0.1) is 0 Å². The first-order valence-electron chi connectivity index (χ1n) is 9.75. The molecular formula is C21H21BrN6O4. The van der Waals surface area contributed by atoms with E-state index in [0.717, 1.165) is 15.9 Å². The maximum atomic E-state index is 12.7. The average Bonchev–Trinajstić information content (AvgIpc) is 3.54. The maximum Gasteiger partial charge on any atom is 0.291 e. The van der Waals surface area contributed by atoms with Crippen molar-refractivity contribution >= 4 is 33.4 Å². The predicted octanol–water partition coefficient (Wildman–Crippen LogP) is 3.41. The highest BCUT2D eigenvalue weighted by Crippen LogP contribution is 2.22. The van der Waals surface area contributed by atoms with Gasteiger partial charge in [0.1, 0.15) is 11.5 Å². The molecule has 0 aliphatic carbocycles. The van der Waals surface area contributed by atoms with Crippen LogP contribution in [0.3, 0.4) is 0 Å². The SMILES string of the molecule is Cc1nn(Cc2ccc(C(=O)Nc3cn(C)nc3C(=O)NCc3ccco3)o2)c(C)c1Br. The highest BCUT2D eigenvalue weighted by atomic mass is 79.9. The van der Waals surface area contributed by atoms with E-state index in [2.05, 4.69) is 36.8 Å². The number of halogens is 1. The average molecular weight is 501 g/mol. The van der Waals surface area contributed by atoms with E-state index in [1.54, 1.807) is 42.2 Å². The van der Waals surface area contributed by atoms with Gasteiger partial charge in [-0.3, -0.25) is 19.0 Å². The molecule has 2 N–H and O–H groups in total. The van der Waals surface area contributed by atoms with Crippen LogP contribution in [-0.4, -0.2) is 31.4 Å². The van der Waals surface area contributed by atoms with E-state index in [-0.39, 0.29) is 23.7 Å². The molecule has 10 nitrogen and oxygen atoms in total. The fraction of sp³-hybridized carbons (Fsp3) is 0.238. The van der Waals surface area contributed by atoms with Crippen LogP contribution in [0.15, 0.2) is 50.0 Å². The summed E-state index contributed by atoms with van der Waals surface area (Å²) in [7, 11) is 1.66. The predicted molar refractivity (Wildman–Crippen MR) is 118 cm³/mol. The van der Waals surface area contributed by atoms with Crippen LogP contribution < -0.4 is 10.6 Å². The first kappa shape index (κ1) is 21.6. The lowest BCUT2D eigenvalue weighted by molar-refractivity contribution is 0.0943. The van der Waals surface area contributed by atoms with E-state index < -0.39 is 11.8 Å². The number of rotatable bonds is 7. The fourth-order valence-electron chi connectivity index (χ4n) is 3.16. The number of carbonyl (C=O) groups excluding carboxylic acids is 2. The van der Waals surface area contributed by atoms with Crippen LogP contribution in [0, 0.1) is 13.8 Å². The molecule has 0 spiro atoms. The molecule has 0 fully saturated rings. The lowest BCUT2D eigenvalue weighted by Crippen LogP contribution is -2.25. The second-order valence-electron chi connectivity index (χ2n) is 7.19. The van der Waals surface area contributed by atoms with E-state index in [1.807, 2.05) is 13.8 Å². The number of carbonyl (C=O) groups is 2. The summed E-state index contributed by atoms with van der Waals surface area (Å²) in [6.07, 6.45) is 3.08. The van der Waals surface area contributed by atoms with Gasteiger partial charge in [0.2, 0.25) is 0 Å². The Morgan fingerprint density at radius 2 is 1.94 bits per heavy atom. The molecule has 11 heteroatoms. The maximum absolute atomic E-state index is 12.7. The highest BCUT2D eigenvalue weighted by molar-refractivity contribution is 9.10. The molecule has 4 aromatic rings. The second kappa shape index (κ2) is 8.87. The van der Waals surface area contributed by atoms with Gasteiger partial charge >= 0.3 is 0 Å². The van der Waals surface area contributed by atoms with Crippen LogP contribution in [0.5, 0.6) is 0 Å². The molecule has 0 unspecified atom stereocenters. The van der Waals surface area contributed by atoms with Crippen LogP contribution in [0.25, 0.3) is 0 Å². The highest BCUT2D eigenvalue weighted by Gasteiger charge is 2.20. The smallest absolute Gasteiger partial charge is 0.291 e. The summed E-state index contributed by atoms with van der Waals surface area (Å²) in [6.45, 7) is 4.45. The Labute approximate surface area is 191 Å². The van der Waals surface area contributed by atoms with E-state index in [1.165, 1.54) is 10.9 Å². The number of hydrogen-bond donors (Lipinski definition) is 2. The molecular weight excluding hydrogens is 480 g/mol. The monoisotopic (exact) mass is 500 g/mol. The number of nitrogens with one attached hydrogen (secondary N) is 2. The van der Waals surface area contributed by atoms with Crippen LogP contribution in [0.4, 0.5) is 5.69 Å². The Kier molecular flexibility index (Phi) is 5.99. The normalized spacial score (nSPS) is 11.0. The van der Waals surface area contributed by atoms with E-state index in [9.17, 15) is 9.59 Å². The molecule has 0 radical (unpaired) electrons. The second-order valence-corrected chi connectivity index (χ2v) is 7.98. The van der Waals surface area contributed by atoms with Crippen LogP contribution in [0.2, 0.25) is 0 Å². The van der Waals surface area contributed by atoms with Crippen molar-refractivity contribution in [1.29, 1.82) is 0 Å². The number of amides is 2. The summed E-state index contributed by atoms with van der Waals surface area (Å²) >= 11 is 3.50. The largest absolute Gasteiger partial charge is 0.467 e. The van der Waals surface area contributed by atoms with Crippen molar-refractivity contribution in [2.45, 2.75) is 26.9 Å². The Morgan fingerprint density at radius 1 is 1.12 bits per heavy atom. The van der Waals surface area contributed by atoms with Crippen molar-refractivity contribution in [3.8, 4) is 0 Å². The van der Waals surface area contributed by atoms with Gasteiger partial charge in [0, 0.05) is 13.2 Å². The Bertz CT molecular complexity index is 1270. The van der Waals surface area contributed by atoms with Gasteiger partial charge in [0.05, 0.1) is 40.9 Å². The number of nitrogens with zero attached hydrogens (tertiary/aromatic N) is 4. The molecule has 32 heavy (non-hydrogen) atoms. The van der Waals surface area contributed by atoms with Crippen molar-refractivity contribution < 1.29 is 18.4 Å². The Balaban J connectivity index is 1.44. The van der Waals surface area contributed by atoms with Crippen LogP contribution in [-0.2, 0) is 20.1 Å². The van der Waals surface area contributed by atoms with Gasteiger partial charge in [-0.1, -0.05) is 0 Å². The molecule has 0 bridgehead atoms. The summed E-state index contributed by atoms with van der Waals surface area (Å²) in [6, 6.07) is 6.79. The quantitative estimate of drug-likeness (QED) is 0.401. The third kappa shape index (κ3) is 4.52. The minimum atomic E-state index is -0.487. The Hall–Kier alpha value is -3.60. The lowest BCUT2D eigenvalue weighted by atomic mass is 10.3. The Morgan fingerprint density at radius 3 is 2.62 bits per heavy atom. The number of hydrogen-bond acceptors (Lipinski definition) is 6. The summed E-state index contributed by atoms with van der Waals surface area (Å²) in [4.78, 5) is 25.3. The first-order chi connectivity index (χ1) is 15.3. The van der Waals surface area contributed by atoms with Crippen LogP contribution in [0.1, 0.15) is 44.0 Å². The molecule has 0 saturated carbocycles. The molecule has 0 aliphatic heterocycles. The van der Waals surface area contributed by atoms with Crippen molar-refractivity contribution in [3.05, 3.63) is 75.6 Å². The van der Waals surface area contributed by atoms with Gasteiger partial charge in [-0.05, 0) is 54.0 Å². The van der Waals surface area contributed by atoms with E-state index in [4.69, 9.17) is 8.83 Å². The summed E-state index contributed by atoms with van der Waals surface area (Å²) in [5.41, 5.74) is 2.20. The number of aryl methyl sites for hydroxylation is 2. The minimum Gasteiger partial charge on any atom is -0.467 e. The minimum absolute atomic E-state index is 0.0895. The summed E-state index contributed by atoms with van der Waals surface area (Å²) < 4.78 is 15.1. The number of aromatic nitrogens is 4. The van der Waals surface area contributed by atoms with Crippen molar-refractivity contribution in [2.24, 2.45) is 7.05 Å². The number of anilines is 1. The van der Waals surface area contributed by atoms with Gasteiger partial charge < -0.3 is 19.5 Å². The first-order valence-corrected chi connectivity index (χ1v) is 10.5. The molecule has 0 atom stereocenters. The van der Waals surface area contributed by atoms with Gasteiger partial charge in [0.15, 0.2) is 11.5 Å². The van der Waals surface area contributed by atoms with E-state index >= 15 is 0 Å². The molecule has 166 valence electrons. The lowest BCUT2D eigenvalue weighted by Gasteiger charge is -2.05. The third-order valence-electron chi connectivity index (χ3n) is 4.78. The van der Waals surface area contributed by atoms with Crippen molar-refractivity contribution in [1.82, 2.24) is 24.9 Å². The van der Waals surface area contributed by atoms with Crippen molar-refractivity contribution in [2.75, 3.05) is 5.32 Å². The number of furan rings is 2. The molecule has 4 heterocycles. The molecule has 2 amide bonds. The topological polar surface area (TPSA) is 120 Å². The van der Waals surface area contributed by atoms with Gasteiger partial charge in [-0.2, -0.15) is 10.2 Å². The molecule has 4 rings (SSSR count). The molecule has 0 aromatic carbocycles. The zero-order valence-corrected chi connectivity index (χ0v) is 19.3.